The molecule has 11 heteroatoms. The van der Waals surface area contributed by atoms with Gasteiger partial charge >= 0.3 is 0 Å². The Morgan fingerprint density at radius 1 is 1.21 bits per heavy atom. The zero-order valence-corrected chi connectivity index (χ0v) is 21.7. The van der Waals surface area contributed by atoms with Gasteiger partial charge in [0.2, 0.25) is 0 Å². The molecule has 3 atom stereocenters. The van der Waals surface area contributed by atoms with Crippen molar-refractivity contribution in [3.63, 3.8) is 0 Å². The summed E-state index contributed by atoms with van der Waals surface area (Å²) in [5.74, 6) is -3.41. The van der Waals surface area contributed by atoms with E-state index >= 15 is 0 Å². The Morgan fingerprint density at radius 3 is 2.64 bits per heavy atom. The van der Waals surface area contributed by atoms with Crippen LogP contribution in [0.5, 0.6) is 0 Å². The average Bonchev–Trinajstić information content (AvgIpc) is 3.24. The molecule has 206 valence electrons. The fraction of sp³-hybridized carbons (Fsp3) is 0.393. The molecule has 2 aromatic heterocycles. The molecule has 8 nitrogen and oxygen atoms in total. The quantitative estimate of drug-likeness (QED) is 0.430. The highest BCUT2D eigenvalue weighted by Gasteiger charge is 2.32. The molecule has 39 heavy (non-hydrogen) atoms. The molecule has 1 unspecified atom stereocenters. The fourth-order valence-electron chi connectivity index (χ4n) is 5.58. The topological polar surface area (TPSA) is 114 Å². The molecule has 3 heterocycles. The predicted molar refractivity (Wildman–Crippen MR) is 140 cm³/mol. The van der Waals surface area contributed by atoms with Crippen LogP contribution in [0.4, 0.5) is 24.5 Å². The molecule has 2 aliphatic rings. The van der Waals surface area contributed by atoms with Crippen LogP contribution in [-0.2, 0) is 17.8 Å². The van der Waals surface area contributed by atoms with E-state index in [1.165, 1.54) is 13.3 Å². The number of nitrogens with one attached hydrogen (secondary N) is 1. The predicted octanol–water partition coefficient (Wildman–Crippen LogP) is 4.11. The van der Waals surface area contributed by atoms with Crippen molar-refractivity contribution in [2.24, 2.45) is 11.7 Å². The third-order valence-corrected chi connectivity index (χ3v) is 7.15. The number of aliphatic hydroxyl groups excluding tert-OH is 1. The molecular weight excluding hydrogens is 511 g/mol. The van der Waals surface area contributed by atoms with Crippen LogP contribution in [0.25, 0.3) is 11.3 Å². The van der Waals surface area contributed by atoms with Gasteiger partial charge in [-0.1, -0.05) is 6.92 Å². The molecule has 0 radical (unpaired) electrons. The zero-order chi connectivity index (χ0) is 27.8. The largest absolute Gasteiger partial charge is 0.387 e. The lowest BCUT2D eigenvalue weighted by molar-refractivity contribution is 0.102. The van der Waals surface area contributed by atoms with Gasteiger partial charge in [0.1, 0.15) is 28.8 Å². The molecule has 0 spiro atoms. The summed E-state index contributed by atoms with van der Waals surface area (Å²) >= 11 is 0. The first-order valence-corrected chi connectivity index (χ1v) is 12.8. The monoisotopic (exact) mass is 541 g/mol. The number of piperidine rings is 1. The second-order valence-electron chi connectivity index (χ2n) is 10.3. The number of fused-ring (bicyclic) bond motifs is 1. The van der Waals surface area contributed by atoms with Gasteiger partial charge in [-0.05, 0) is 55.0 Å². The van der Waals surface area contributed by atoms with Gasteiger partial charge in [0.05, 0.1) is 41.5 Å². The molecule has 4 N–H and O–H groups in total. The number of nitrogens with zero attached hydrogens (tertiary/aromatic N) is 3. The second kappa shape index (κ2) is 10.9. The molecule has 1 fully saturated rings. The van der Waals surface area contributed by atoms with E-state index in [2.05, 4.69) is 27.1 Å². The number of hydrogen-bond donors (Lipinski definition) is 3. The summed E-state index contributed by atoms with van der Waals surface area (Å²) in [7, 11) is 1.39. The van der Waals surface area contributed by atoms with Crippen LogP contribution in [0.15, 0.2) is 30.5 Å². The Hall–Kier alpha value is -3.54. The number of benzene rings is 1. The Bertz CT molecular complexity index is 1390. The van der Waals surface area contributed by atoms with Gasteiger partial charge in [0.15, 0.2) is 0 Å². The van der Waals surface area contributed by atoms with Crippen LogP contribution in [0.1, 0.15) is 53.2 Å². The third kappa shape index (κ3) is 5.34. The van der Waals surface area contributed by atoms with Gasteiger partial charge in [0.25, 0.3) is 5.91 Å². The van der Waals surface area contributed by atoms with E-state index < -0.39 is 40.7 Å². The minimum Gasteiger partial charge on any atom is -0.387 e. The Kier molecular flexibility index (Phi) is 7.57. The highest BCUT2D eigenvalue weighted by molar-refractivity contribution is 6.05. The van der Waals surface area contributed by atoms with Gasteiger partial charge in [-0.15, -0.1) is 0 Å². The van der Waals surface area contributed by atoms with Crippen LogP contribution < -0.4 is 16.0 Å². The molecule has 5 rings (SSSR count). The van der Waals surface area contributed by atoms with Crippen molar-refractivity contribution < 1.29 is 27.8 Å². The molecule has 1 amide bonds. The van der Waals surface area contributed by atoms with E-state index in [0.29, 0.717) is 43.2 Å². The van der Waals surface area contributed by atoms with Crippen molar-refractivity contribution in [1.29, 1.82) is 0 Å². The van der Waals surface area contributed by atoms with Crippen molar-refractivity contribution in [2.45, 2.75) is 44.9 Å². The number of anilines is 2. The van der Waals surface area contributed by atoms with Crippen molar-refractivity contribution >= 4 is 17.3 Å². The number of carbonyl (C=O) groups is 1. The van der Waals surface area contributed by atoms with Gasteiger partial charge in [0, 0.05) is 31.8 Å². The summed E-state index contributed by atoms with van der Waals surface area (Å²) in [6.07, 6.45) is 2.75. The van der Waals surface area contributed by atoms with Crippen molar-refractivity contribution in [3.8, 4) is 11.3 Å². The number of methoxy groups -OCH3 is 1. The van der Waals surface area contributed by atoms with Crippen LogP contribution in [-0.4, -0.2) is 47.2 Å². The number of nitrogens with two attached hydrogens (primary N) is 1. The number of carbonyl (C=O) groups excluding carboxylic acids is 1. The molecule has 1 aromatic carbocycles. The summed E-state index contributed by atoms with van der Waals surface area (Å²) in [6.45, 7) is 3.35. The van der Waals surface area contributed by atoms with Crippen molar-refractivity contribution in [1.82, 2.24) is 9.97 Å². The van der Waals surface area contributed by atoms with E-state index in [-0.39, 0.29) is 23.9 Å². The highest BCUT2D eigenvalue weighted by atomic mass is 19.1. The SMILES string of the molecule is COCc1cc(F)c(-c2nc(C(=O)Nc3cnc4c(c3N3C[C@H](C)C[C@H](N)C3)CCC4O)ccc2F)c(F)c1. The number of aromatic nitrogens is 2. The van der Waals surface area contributed by atoms with E-state index in [1.54, 1.807) is 0 Å². The number of halogens is 3. The average molecular weight is 542 g/mol. The highest BCUT2D eigenvalue weighted by Crippen LogP contribution is 2.41. The van der Waals surface area contributed by atoms with Gasteiger partial charge < -0.3 is 25.8 Å². The summed E-state index contributed by atoms with van der Waals surface area (Å²) < 4.78 is 49.3. The summed E-state index contributed by atoms with van der Waals surface area (Å²) in [6, 6.07) is 4.11. The molecule has 1 aliphatic heterocycles. The van der Waals surface area contributed by atoms with Crippen LogP contribution in [0.3, 0.4) is 0 Å². The van der Waals surface area contributed by atoms with E-state index in [1.807, 2.05) is 0 Å². The smallest absolute Gasteiger partial charge is 0.274 e. The molecule has 3 aromatic rings. The number of amides is 1. The van der Waals surface area contributed by atoms with E-state index in [9.17, 15) is 23.1 Å². The lowest BCUT2D eigenvalue weighted by Gasteiger charge is -2.38. The van der Waals surface area contributed by atoms with Crippen molar-refractivity contribution in [3.05, 3.63) is 70.4 Å². The fourth-order valence-corrected chi connectivity index (χ4v) is 5.58. The summed E-state index contributed by atoms with van der Waals surface area (Å²) in [5, 5.41) is 13.2. The van der Waals surface area contributed by atoms with E-state index in [0.717, 1.165) is 41.9 Å². The first kappa shape index (κ1) is 27.0. The molecule has 0 saturated carbocycles. The maximum absolute atomic E-state index is 14.8. The standard InChI is InChI=1S/C28H30F3N5O3/c1-14-7-16(32)12-36(11-14)27-17-3-6-23(37)25(17)33-10-22(27)35-28(38)21-5-4-18(29)26(34-21)24-19(30)8-15(13-39-2)9-20(24)31/h4-5,8-10,14,16,23,37H,3,6-7,11-13,32H2,1-2H3,(H,35,38)/t14-,16+,23?/m1/s1. The number of rotatable bonds is 6. The molecule has 1 saturated heterocycles. The first-order valence-electron chi connectivity index (χ1n) is 12.8. The molecule has 0 bridgehead atoms. The Morgan fingerprint density at radius 2 is 1.95 bits per heavy atom. The maximum atomic E-state index is 14.8. The van der Waals surface area contributed by atoms with Crippen molar-refractivity contribution in [2.75, 3.05) is 30.4 Å². The van der Waals surface area contributed by atoms with Crippen LogP contribution in [0, 0.1) is 23.4 Å². The number of ether oxygens (including phenoxy) is 1. The van der Waals surface area contributed by atoms with E-state index in [4.69, 9.17) is 10.5 Å². The molecular formula is C28H30F3N5O3. The van der Waals surface area contributed by atoms with Crippen LogP contribution >= 0.6 is 0 Å². The van der Waals surface area contributed by atoms with Gasteiger partial charge in [-0.2, -0.15) is 0 Å². The summed E-state index contributed by atoms with van der Waals surface area (Å²) in [4.78, 5) is 23.8. The molecule has 1 aliphatic carbocycles. The third-order valence-electron chi connectivity index (χ3n) is 7.15. The summed E-state index contributed by atoms with van der Waals surface area (Å²) in [5.41, 5.74) is 7.54. The van der Waals surface area contributed by atoms with Gasteiger partial charge in [-0.25, -0.2) is 18.2 Å². The minimum absolute atomic E-state index is 0.0264. The lowest BCUT2D eigenvalue weighted by Crippen LogP contribution is -2.47. The van der Waals surface area contributed by atoms with Crippen LogP contribution in [0.2, 0.25) is 0 Å². The maximum Gasteiger partial charge on any atom is 0.274 e. The first-order chi connectivity index (χ1) is 18.7. The number of pyridine rings is 2. The normalized spacial score (nSPS) is 20.7. The van der Waals surface area contributed by atoms with Gasteiger partial charge in [-0.3, -0.25) is 9.78 Å². The number of aliphatic hydroxyl groups is 1. The Balaban J connectivity index is 1.50. The Labute approximate surface area is 224 Å². The second-order valence-corrected chi connectivity index (χ2v) is 10.3. The lowest BCUT2D eigenvalue weighted by atomic mass is 9.95. The minimum atomic E-state index is -1.02. The zero-order valence-electron chi connectivity index (χ0n) is 21.7. The number of hydrogen-bond acceptors (Lipinski definition) is 7.